The summed E-state index contributed by atoms with van der Waals surface area (Å²) in [5, 5.41) is 9.51. The monoisotopic (exact) mass is 92.0 g/mol. The fourth-order valence-electron chi connectivity index (χ4n) is 0.0354. The molecule has 30 valence electrons. The Kier molecular flexibility index (Phi) is 4.04. The summed E-state index contributed by atoms with van der Waals surface area (Å²) in [6.07, 6.45) is 0. The van der Waals surface area contributed by atoms with Crippen LogP contribution in [0.3, 0.4) is 0 Å². The maximum atomic E-state index is 7.69. The molecule has 4 heteroatoms. The van der Waals surface area contributed by atoms with Gasteiger partial charge in [-0.3, -0.25) is 4.76 Å². The third kappa shape index (κ3) is 4.02. The second kappa shape index (κ2) is 4.02. The van der Waals surface area contributed by atoms with Crippen LogP contribution in [-0.2, 0) is 0 Å². The molecule has 3 nitrogen and oxygen atoms in total. The van der Waals surface area contributed by atoms with Gasteiger partial charge in [-0.25, -0.2) is 0 Å². The van der Waals surface area contributed by atoms with E-state index in [1.54, 1.807) is 0 Å². The van der Waals surface area contributed by atoms with Crippen LogP contribution in [0.4, 0.5) is 0 Å². The van der Waals surface area contributed by atoms with Crippen LogP contribution in [0.1, 0.15) is 0 Å². The SMILES string of the molecule is C=NPNO. The summed E-state index contributed by atoms with van der Waals surface area (Å²) >= 11 is 0. The predicted octanol–water partition coefficient (Wildman–Crippen LogP) is 0.174. The summed E-state index contributed by atoms with van der Waals surface area (Å²) in [4.78, 5) is 0. The van der Waals surface area contributed by atoms with Gasteiger partial charge in [0.15, 0.2) is 0 Å². The van der Waals surface area contributed by atoms with E-state index < -0.39 is 0 Å². The molecule has 0 amide bonds. The fraction of sp³-hybridized carbons (Fsp3) is 0. The topological polar surface area (TPSA) is 44.6 Å². The van der Waals surface area contributed by atoms with Crippen molar-refractivity contribution in [2.45, 2.75) is 0 Å². The highest BCUT2D eigenvalue weighted by Crippen LogP contribution is 1.96. The van der Waals surface area contributed by atoms with Gasteiger partial charge < -0.3 is 5.21 Å². The Morgan fingerprint density at radius 3 is 2.60 bits per heavy atom. The third-order valence-electron chi connectivity index (χ3n) is 0.129. The molecule has 2 N–H and O–H groups in total. The van der Waals surface area contributed by atoms with Crippen LogP contribution in [-0.4, -0.2) is 11.9 Å². The number of hydrogen-bond acceptors (Lipinski definition) is 3. The molecule has 0 radical (unpaired) electrons. The minimum absolute atomic E-state index is 0.0170. The van der Waals surface area contributed by atoms with Gasteiger partial charge in [-0.1, -0.05) is 0 Å². The smallest absolute Gasteiger partial charge is 0.0951 e. The van der Waals surface area contributed by atoms with E-state index in [0.717, 1.165) is 0 Å². The Morgan fingerprint density at radius 1 is 2.00 bits per heavy atom. The van der Waals surface area contributed by atoms with Crippen LogP contribution in [0, 0.1) is 0 Å². The Morgan fingerprint density at radius 2 is 2.60 bits per heavy atom. The van der Waals surface area contributed by atoms with E-state index in [2.05, 4.69) is 11.5 Å². The molecule has 0 aromatic carbocycles. The third-order valence-corrected chi connectivity index (χ3v) is 0.387. The molecule has 1 unspecified atom stereocenters. The van der Waals surface area contributed by atoms with Crippen molar-refractivity contribution in [3.63, 3.8) is 0 Å². The largest absolute Gasteiger partial charge is 0.311 e. The molecular formula is CH5N2OP. The molecule has 0 rings (SSSR count). The highest BCUT2D eigenvalue weighted by molar-refractivity contribution is 7.33. The molecule has 0 aliphatic heterocycles. The van der Waals surface area contributed by atoms with Gasteiger partial charge in [-0.15, -0.1) is 0 Å². The number of hydrogen-bond donors (Lipinski definition) is 2. The molecule has 0 saturated carbocycles. The van der Waals surface area contributed by atoms with Gasteiger partial charge in [0.05, 0.1) is 8.88 Å². The maximum absolute atomic E-state index is 7.69. The van der Waals surface area contributed by atoms with E-state index >= 15 is 0 Å². The fourth-order valence-corrected chi connectivity index (χ4v) is 0.106. The van der Waals surface area contributed by atoms with Crippen LogP contribution >= 0.6 is 8.88 Å². The Bertz CT molecular complexity index is 30.8. The lowest BCUT2D eigenvalue weighted by Gasteiger charge is -1.78. The molecule has 0 heterocycles. The molecular weight excluding hydrogens is 87.0 g/mol. The standard InChI is InChI=1S/CH5N2OP/c1-2-5-3-4/h3-5H,1H2. The zero-order valence-electron chi connectivity index (χ0n) is 2.60. The normalized spacial score (nSPS) is 9.80. The van der Waals surface area contributed by atoms with Crippen molar-refractivity contribution in [1.82, 2.24) is 5.25 Å². The van der Waals surface area contributed by atoms with Crippen LogP contribution in [0.5, 0.6) is 0 Å². The first-order valence-electron chi connectivity index (χ1n) is 1.01. The van der Waals surface area contributed by atoms with Gasteiger partial charge in [0.1, 0.15) is 0 Å². The zero-order chi connectivity index (χ0) is 4.12. The minimum Gasteiger partial charge on any atom is -0.311 e. The van der Waals surface area contributed by atoms with Crippen molar-refractivity contribution in [2.24, 2.45) is 4.76 Å². The molecule has 5 heavy (non-hydrogen) atoms. The number of rotatable bonds is 2. The highest BCUT2D eigenvalue weighted by Gasteiger charge is 1.58. The first-order valence-corrected chi connectivity index (χ1v) is 1.96. The lowest BCUT2D eigenvalue weighted by Crippen LogP contribution is -1.83. The van der Waals surface area contributed by atoms with Gasteiger partial charge in [0.2, 0.25) is 0 Å². The molecule has 0 aliphatic rings. The van der Waals surface area contributed by atoms with Crippen molar-refractivity contribution in [1.29, 1.82) is 0 Å². The van der Waals surface area contributed by atoms with E-state index in [4.69, 9.17) is 5.21 Å². The molecule has 0 bridgehead atoms. The lowest BCUT2D eigenvalue weighted by molar-refractivity contribution is 0.255. The Labute approximate surface area is 32.0 Å². The molecule has 0 aliphatic carbocycles. The summed E-state index contributed by atoms with van der Waals surface area (Å²) in [5.41, 5.74) is 0. The Balaban J connectivity index is 2.40. The van der Waals surface area contributed by atoms with Crippen molar-refractivity contribution in [2.75, 3.05) is 0 Å². The molecule has 0 saturated heterocycles. The van der Waals surface area contributed by atoms with Gasteiger partial charge in [-0.2, -0.15) is 5.25 Å². The number of nitrogens with one attached hydrogen (secondary N) is 1. The first-order chi connectivity index (χ1) is 2.41. The van der Waals surface area contributed by atoms with E-state index in [0.29, 0.717) is 0 Å². The van der Waals surface area contributed by atoms with E-state index in [9.17, 15) is 0 Å². The summed E-state index contributed by atoms with van der Waals surface area (Å²) in [6, 6.07) is 0. The maximum Gasteiger partial charge on any atom is 0.0951 e. The van der Waals surface area contributed by atoms with E-state index in [1.807, 2.05) is 5.25 Å². The number of nitrogens with zero attached hydrogens (tertiary/aromatic N) is 1. The van der Waals surface area contributed by atoms with Crippen LogP contribution < -0.4 is 5.25 Å². The molecule has 0 fully saturated rings. The van der Waals surface area contributed by atoms with Crippen molar-refractivity contribution in [3.8, 4) is 0 Å². The van der Waals surface area contributed by atoms with Gasteiger partial charge >= 0.3 is 0 Å². The van der Waals surface area contributed by atoms with Crippen LogP contribution in [0.2, 0.25) is 0 Å². The van der Waals surface area contributed by atoms with Crippen LogP contribution in [0.15, 0.2) is 4.76 Å². The van der Waals surface area contributed by atoms with Gasteiger partial charge in [0, 0.05) is 0 Å². The van der Waals surface area contributed by atoms with Crippen molar-refractivity contribution in [3.05, 3.63) is 0 Å². The molecule has 0 aromatic heterocycles. The second-order valence-electron chi connectivity index (χ2n) is 0.382. The van der Waals surface area contributed by atoms with Crippen LogP contribution in [0.25, 0.3) is 0 Å². The van der Waals surface area contributed by atoms with Crippen molar-refractivity contribution >= 4 is 15.6 Å². The first kappa shape index (κ1) is 5.02. The minimum atomic E-state index is 0.0170. The zero-order valence-corrected chi connectivity index (χ0v) is 3.60. The lowest BCUT2D eigenvalue weighted by atomic mass is 11.8. The van der Waals surface area contributed by atoms with Gasteiger partial charge in [0.25, 0.3) is 0 Å². The highest BCUT2D eigenvalue weighted by atomic mass is 31.1. The molecule has 1 atom stereocenters. The average molecular weight is 92.0 g/mol. The Hall–Kier alpha value is 0.0200. The summed E-state index contributed by atoms with van der Waals surface area (Å²) in [7, 11) is 0.0170. The average Bonchev–Trinajstić information content (AvgIpc) is 1.41. The van der Waals surface area contributed by atoms with Gasteiger partial charge in [-0.05, 0) is 6.72 Å². The van der Waals surface area contributed by atoms with Crippen molar-refractivity contribution < 1.29 is 5.21 Å². The predicted molar refractivity (Wildman–Crippen MR) is 22.8 cm³/mol. The van der Waals surface area contributed by atoms with E-state index in [1.165, 1.54) is 0 Å². The quantitative estimate of drug-likeness (QED) is 0.290. The summed E-state index contributed by atoms with van der Waals surface area (Å²) in [5.74, 6) is 0. The molecule has 0 aromatic rings. The summed E-state index contributed by atoms with van der Waals surface area (Å²) < 4.78 is 3.27. The molecule has 0 spiro atoms. The summed E-state index contributed by atoms with van der Waals surface area (Å²) in [6.45, 7) is 3.09. The van der Waals surface area contributed by atoms with E-state index in [-0.39, 0.29) is 8.88 Å². The second-order valence-corrected chi connectivity index (χ2v) is 1.15.